The van der Waals surface area contributed by atoms with Gasteiger partial charge in [-0.25, -0.2) is 9.78 Å². The molecule has 2 aliphatic heterocycles. The van der Waals surface area contributed by atoms with Crippen LogP contribution in [-0.4, -0.2) is 144 Å². The smallest absolute Gasteiger partial charge is 0.326 e. The third kappa shape index (κ3) is 13.2. The lowest BCUT2D eigenvalue weighted by Gasteiger charge is -2.32. The molecule has 2 fully saturated rings. The van der Waals surface area contributed by atoms with Crippen LogP contribution in [0.25, 0.3) is 10.9 Å². The van der Waals surface area contributed by atoms with Crippen LogP contribution in [0.2, 0.25) is 0 Å². The molecule has 0 spiro atoms. The Morgan fingerprint density at radius 1 is 0.791 bits per heavy atom. The Morgan fingerprint density at radius 3 is 2.00 bits per heavy atom. The van der Waals surface area contributed by atoms with Crippen LogP contribution < -0.4 is 27.0 Å². The van der Waals surface area contributed by atoms with E-state index in [2.05, 4.69) is 36.2 Å². The summed E-state index contributed by atoms with van der Waals surface area (Å²) in [6, 6.07) is 6.01. The monoisotopic (exact) mass is 942 g/mol. The summed E-state index contributed by atoms with van der Waals surface area (Å²) < 4.78 is 0. The van der Waals surface area contributed by atoms with Crippen LogP contribution in [0.15, 0.2) is 67.3 Å². The summed E-state index contributed by atoms with van der Waals surface area (Å²) in [5.41, 5.74) is 9.00. The highest BCUT2D eigenvalue weighted by atomic mass is 32.2. The topological polar surface area (TPSA) is 285 Å². The number of carboxylic acid groups (broad SMARTS) is 1. The van der Waals surface area contributed by atoms with Crippen LogP contribution in [0, 0.1) is 5.92 Å². The van der Waals surface area contributed by atoms with E-state index < -0.39 is 83.7 Å². The number of fused-ring (bicyclic) bond motifs is 1. The molecule has 6 rings (SSSR count). The number of benzene rings is 2. The second-order valence-electron chi connectivity index (χ2n) is 17.7. The molecule has 0 radical (unpaired) electrons. The van der Waals surface area contributed by atoms with Crippen molar-refractivity contribution in [3.8, 4) is 5.75 Å². The molecule has 360 valence electrons. The van der Waals surface area contributed by atoms with Crippen molar-refractivity contribution in [3.63, 3.8) is 0 Å². The lowest BCUT2D eigenvalue weighted by Crippen LogP contribution is -2.60. The standard InChI is InChI=1S/C47H62N10O9S/c1-27(2)20-35(42(60)55-38(47(65)66)21-28-12-14-31(58)15-13-28)52-43(61)39-10-6-18-57(39)46(64)37(23-30-25-49-26-51-30)54-44(62)40-11-7-17-56(40)45(63)36(53-41(59)33(48)16-19-67-3)22-29-24-50-34-9-5-4-8-32(29)34/h4-5,8-9,12-15,24-27,33,35-40,50,58H,6-7,10-11,16-23,48H2,1-3H3,(H,49,51)(H,52,61)(H,53,59)(H,54,62)(H,55,60)(H,65,66)/t33-,35-,36-,37-,38-,39-,40-/m0/s1. The van der Waals surface area contributed by atoms with E-state index in [1.165, 1.54) is 34.5 Å². The molecular weight excluding hydrogens is 881 g/mol. The van der Waals surface area contributed by atoms with Gasteiger partial charge >= 0.3 is 5.97 Å². The second kappa shape index (κ2) is 23.4. The van der Waals surface area contributed by atoms with Gasteiger partial charge in [-0.1, -0.05) is 44.2 Å². The van der Waals surface area contributed by atoms with Crippen molar-refractivity contribution in [3.05, 3.63) is 84.1 Å². The average Bonchev–Trinajstić information content (AvgIpc) is 4.16. The van der Waals surface area contributed by atoms with Gasteiger partial charge in [-0.2, -0.15) is 11.8 Å². The normalized spacial score (nSPS) is 18.2. The summed E-state index contributed by atoms with van der Waals surface area (Å²) in [5.74, 6) is -4.08. The number of likely N-dealkylation sites (tertiary alicyclic amines) is 2. The number of rotatable bonds is 22. The second-order valence-corrected chi connectivity index (χ2v) is 18.7. The maximum absolute atomic E-state index is 14.6. The quantitative estimate of drug-likeness (QED) is 0.0545. The lowest BCUT2D eigenvalue weighted by molar-refractivity contribution is -0.145. The molecule has 67 heavy (non-hydrogen) atoms. The number of aromatic hydroxyl groups is 1. The van der Waals surface area contributed by atoms with Crippen molar-refractivity contribution in [2.75, 3.05) is 25.1 Å². The predicted octanol–water partition coefficient (Wildman–Crippen LogP) is 1.76. The number of aliphatic carboxylic acids is 1. The number of aromatic amines is 2. The van der Waals surface area contributed by atoms with Crippen molar-refractivity contribution in [1.82, 2.24) is 46.0 Å². The first-order chi connectivity index (χ1) is 32.1. The van der Waals surface area contributed by atoms with E-state index >= 15 is 0 Å². The number of amides is 6. The van der Waals surface area contributed by atoms with E-state index in [1.807, 2.05) is 44.4 Å². The SMILES string of the molecule is CSCC[C@H](N)C(=O)N[C@@H](Cc1c[nH]c2ccccc12)C(=O)N1CCC[C@H]1C(=O)N[C@@H](Cc1cnc[nH]1)C(=O)N1CCC[C@H]1C(=O)N[C@@H](CC(C)C)C(=O)N[C@@H](Cc1ccc(O)cc1)C(=O)O. The number of para-hydroxylation sites is 1. The van der Waals surface area contributed by atoms with Crippen molar-refractivity contribution in [1.29, 1.82) is 0 Å². The highest BCUT2D eigenvalue weighted by molar-refractivity contribution is 7.98. The molecule has 19 nitrogen and oxygen atoms in total. The van der Waals surface area contributed by atoms with Gasteiger partial charge in [0.15, 0.2) is 0 Å². The van der Waals surface area contributed by atoms with Crippen LogP contribution >= 0.6 is 11.8 Å². The molecular formula is C47H62N10O9S. The van der Waals surface area contributed by atoms with Gasteiger partial charge in [-0.15, -0.1) is 0 Å². The highest BCUT2D eigenvalue weighted by Gasteiger charge is 2.43. The summed E-state index contributed by atoms with van der Waals surface area (Å²) in [6.45, 7) is 4.13. The minimum absolute atomic E-state index is 0.00893. The van der Waals surface area contributed by atoms with Crippen LogP contribution in [-0.2, 0) is 52.8 Å². The van der Waals surface area contributed by atoms with Crippen LogP contribution in [0.4, 0.5) is 0 Å². The number of nitrogens with zero attached hydrogens (tertiary/aromatic N) is 3. The molecule has 20 heteroatoms. The number of phenolic OH excluding ortho intramolecular Hbond substituents is 1. The van der Waals surface area contributed by atoms with Crippen molar-refractivity contribution >= 4 is 64.1 Å². The Labute approximate surface area is 393 Å². The number of H-pyrrole nitrogens is 2. The molecule has 10 N–H and O–H groups in total. The number of thioether (sulfide) groups is 1. The van der Waals surface area contributed by atoms with Crippen LogP contribution in [0.3, 0.4) is 0 Å². The Bertz CT molecular complexity index is 2360. The number of hydrogen-bond donors (Lipinski definition) is 9. The van der Waals surface area contributed by atoms with Crippen molar-refractivity contribution < 1.29 is 43.8 Å². The van der Waals surface area contributed by atoms with Gasteiger partial charge < -0.3 is 57.0 Å². The molecule has 0 bridgehead atoms. The van der Waals surface area contributed by atoms with Crippen LogP contribution in [0.1, 0.15) is 69.2 Å². The van der Waals surface area contributed by atoms with Gasteiger partial charge in [0.2, 0.25) is 35.4 Å². The predicted molar refractivity (Wildman–Crippen MR) is 251 cm³/mol. The summed E-state index contributed by atoms with van der Waals surface area (Å²) >= 11 is 1.55. The molecule has 7 atom stereocenters. The van der Waals surface area contributed by atoms with E-state index in [9.17, 15) is 43.8 Å². The molecule has 0 saturated carbocycles. The fourth-order valence-corrected chi connectivity index (χ4v) is 9.27. The highest BCUT2D eigenvalue weighted by Crippen LogP contribution is 2.25. The minimum atomic E-state index is -1.33. The maximum atomic E-state index is 14.6. The molecule has 2 aliphatic rings. The van der Waals surface area contributed by atoms with Gasteiger partial charge in [0.25, 0.3) is 0 Å². The third-order valence-electron chi connectivity index (χ3n) is 12.3. The van der Waals surface area contributed by atoms with Gasteiger partial charge in [0.05, 0.1) is 12.4 Å². The number of carbonyl (C=O) groups is 7. The number of imidazole rings is 1. The summed E-state index contributed by atoms with van der Waals surface area (Å²) in [5, 5.41) is 31.6. The first-order valence-electron chi connectivity index (χ1n) is 22.7. The Balaban J connectivity index is 1.17. The average molecular weight is 943 g/mol. The fourth-order valence-electron chi connectivity index (χ4n) is 8.78. The van der Waals surface area contributed by atoms with Gasteiger partial charge in [0.1, 0.15) is 42.0 Å². The van der Waals surface area contributed by atoms with E-state index in [-0.39, 0.29) is 56.9 Å². The lowest BCUT2D eigenvalue weighted by atomic mass is 10.0. The molecule has 2 aromatic carbocycles. The number of nitrogens with two attached hydrogens (primary N) is 1. The number of carbonyl (C=O) groups excluding carboxylic acids is 6. The van der Waals surface area contributed by atoms with Gasteiger partial charge in [0, 0.05) is 61.3 Å². The molecule has 0 unspecified atom stereocenters. The first kappa shape index (κ1) is 50.0. The van der Waals surface area contributed by atoms with Crippen molar-refractivity contribution in [2.45, 2.75) is 114 Å². The minimum Gasteiger partial charge on any atom is -0.508 e. The van der Waals surface area contributed by atoms with E-state index in [0.717, 1.165) is 16.5 Å². The number of phenols is 1. The Kier molecular flexibility index (Phi) is 17.4. The zero-order valence-electron chi connectivity index (χ0n) is 38.0. The zero-order valence-corrected chi connectivity index (χ0v) is 38.9. The molecule has 4 aromatic rings. The van der Waals surface area contributed by atoms with E-state index in [4.69, 9.17) is 5.73 Å². The number of nitrogens with one attached hydrogen (secondary N) is 6. The molecule has 4 heterocycles. The van der Waals surface area contributed by atoms with Gasteiger partial charge in [-0.05, 0) is 85.8 Å². The fraction of sp³-hybridized carbons (Fsp3) is 0.489. The maximum Gasteiger partial charge on any atom is 0.326 e. The summed E-state index contributed by atoms with van der Waals surface area (Å²) in [6.07, 6.45) is 8.83. The number of hydrogen-bond acceptors (Lipinski definition) is 11. The zero-order chi connectivity index (χ0) is 48.2. The number of aromatic nitrogens is 3. The molecule has 6 amide bonds. The summed E-state index contributed by atoms with van der Waals surface area (Å²) in [4.78, 5) is 110. The van der Waals surface area contributed by atoms with Gasteiger partial charge in [-0.3, -0.25) is 28.8 Å². The van der Waals surface area contributed by atoms with E-state index in [1.54, 1.807) is 30.1 Å². The largest absolute Gasteiger partial charge is 0.508 e. The van der Waals surface area contributed by atoms with Crippen molar-refractivity contribution in [2.24, 2.45) is 11.7 Å². The molecule has 2 saturated heterocycles. The molecule has 2 aromatic heterocycles. The van der Waals surface area contributed by atoms with Crippen LogP contribution in [0.5, 0.6) is 5.75 Å². The number of carboxylic acids is 1. The molecule has 0 aliphatic carbocycles. The first-order valence-corrected chi connectivity index (χ1v) is 24.1. The Hall–Kier alpha value is -6.41. The Morgan fingerprint density at radius 2 is 1.40 bits per heavy atom. The summed E-state index contributed by atoms with van der Waals surface area (Å²) in [7, 11) is 0. The van der Waals surface area contributed by atoms with E-state index in [0.29, 0.717) is 42.7 Å². The third-order valence-corrected chi connectivity index (χ3v) is 12.9.